The van der Waals surface area contributed by atoms with E-state index in [0.717, 1.165) is 0 Å². The van der Waals surface area contributed by atoms with Gasteiger partial charge in [0.15, 0.2) is 0 Å². The number of nitrogens with two attached hydrogens (primary N) is 1. The maximum Gasteiger partial charge on any atom is 0.249 e. The fourth-order valence-electron chi connectivity index (χ4n) is 2.01. The first-order valence-electron chi connectivity index (χ1n) is 5.42. The Balaban J connectivity index is 2.35. The molecule has 18 heavy (non-hydrogen) atoms. The topological polar surface area (TPSA) is 126 Å². The predicted octanol–water partition coefficient (Wildman–Crippen LogP) is -1.67. The highest BCUT2D eigenvalue weighted by molar-refractivity contribution is 5.94. The zero-order valence-corrected chi connectivity index (χ0v) is 9.43. The van der Waals surface area contributed by atoms with Crippen LogP contribution in [-0.4, -0.2) is 51.1 Å². The van der Waals surface area contributed by atoms with Crippen molar-refractivity contribution in [2.45, 2.75) is 24.4 Å². The van der Waals surface area contributed by atoms with Crippen LogP contribution in [0.25, 0.3) is 0 Å². The van der Waals surface area contributed by atoms with Gasteiger partial charge in [0.2, 0.25) is 5.91 Å². The summed E-state index contributed by atoms with van der Waals surface area (Å²) in [4.78, 5) is 15.1. The Kier molecular flexibility index (Phi) is 3.58. The van der Waals surface area contributed by atoms with Crippen LogP contribution in [0, 0.1) is 0 Å². The number of carbonyl (C=O) groups is 1. The van der Waals surface area contributed by atoms with Gasteiger partial charge < -0.3 is 25.8 Å². The first-order chi connectivity index (χ1) is 8.56. The van der Waals surface area contributed by atoms with Crippen molar-refractivity contribution in [3.63, 3.8) is 0 Å². The third-order valence-corrected chi connectivity index (χ3v) is 2.97. The van der Waals surface area contributed by atoms with Gasteiger partial charge in [0, 0.05) is 23.5 Å². The molecule has 0 radical (unpaired) electrons. The van der Waals surface area contributed by atoms with Crippen molar-refractivity contribution >= 4 is 5.91 Å². The summed E-state index contributed by atoms with van der Waals surface area (Å²) in [7, 11) is 0. The molecule has 7 nitrogen and oxygen atoms in total. The third kappa shape index (κ3) is 2.08. The number of aliphatic hydroxyl groups excluding tert-OH is 3. The molecule has 0 bridgehead atoms. The van der Waals surface area contributed by atoms with Crippen LogP contribution in [0.15, 0.2) is 18.5 Å². The Hall–Kier alpha value is -1.54. The van der Waals surface area contributed by atoms with Crippen LogP contribution >= 0.6 is 0 Å². The second kappa shape index (κ2) is 4.99. The largest absolute Gasteiger partial charge is 0.394 e. The van der Waals surface area contributed by atoms with Gasteiger partial charge in [-0.2, -0.15) is 0 Å². The van der Waals surface area contributed by atoms with Crippen molar-refractivity contribution in [1.82, 2.24) is 4.98 Å². The number of aliphatic hydroxyl groups is 3. The molecule has 0 aromatic carbocycles. The van der Waals surface area contributed by atoms with E-state index in [4.69, 9.17) is 15.6 Å². The molecule has 0 saturated carbocycles. The Bertz CT molecular complexity index is 453. The summed E-state index contributed by atoms with van der Waals surface area (Å²) in [6.45, 7) is -0.430. The molecule has 1 aromatic rings. The second-order valence-corrected chi connectivity index (χ2v) is 4.09. The van der Waals surface area contributed by atoms with E-state index < -0.39 is 36.9 Å². The number of ether oxygens (including phenoxy) is 1. The van der Waals surface area contributed by atoms with Gasteiger partial charge in [-0.05, 0) is 6.07 Å². The van der Waals surface area contributed by atoms with Crippen molar-refractivity contribution in [1.29, 1.82) is 0 Å². The SMILES string of the molecule is NC(=O)c1ccncc1[C@@H]1O[C@@H](CO)[C@H](O)[C@@H]1O. The molecule has 1 aromatic heterocycles. The molecule has 1 aliphatic rings. The molecule has 0 spiro atoms. The number of pyridine rings is 1. The fourth-order valence-corrected chi connectivity index (χ4v) is 2.01. The highest BCUT2D eigenvalue weighted by Crippen LogP contribution is 2.34. The summed E-state index contributed by atoms with van der Waals surface area (Å²) in [5.41, 5.74) is 5.68. The van der Waals surface area contributed by atoms with E-state index in [-0.39, 0.29) is 5.56 Å². The van der Waals surface area contributed by atoms with Gasteiger partial charge in [-0.15, -0.1) is 0 Å². The lowest BCUT2D eigenvalue weighted by Crippen LogP contribution is -2.32. The lowest BCUT2D eigenvalue weighted by molar-refractivity contribution is -0.0230. The molecule has 1 fully saturated rings. The Labute approximate surface area is 103 Å². The van der Waals surface area contributed by atoms with Crippen LogP contribution in [-0.2, 0) is 4.74 Å². The Morgan fingerprint density at radius 1 is 1.44 bits per heavy atom. The predicted molar refractivity (Wildman–Crippen MR) is 59.5 cm³/mol. The van der Waals surface area contributed by atoms with Crippen molar-refractivity contribution in [2.75, 3.05) is 6.61 Å². The summed E-state index contributed by atoms with van der Waals surface area (Å²) in [5, 5.41) is 28.5. The molecule has 0 unspecified atom stereocenters. The van der Waals surface area contributed by atoms with Crippen molar-refractivity contribution < 1.29 is 24.9 Å². The van der Waals surface area contributed by atoms with E-state index in [0.29, 0.717) is 5.56 Å². The summed E-state index contributed by atoms with van der Waals surface area (Å²) in [6, 6.07) is 1.41. The minimum absolute atomic E-state index is 0.167. The Morgan fingerprint density at radius 2 is 2.17 bits per heavy atom. The zero-order valence-electron chi connectivity index (χ0n) is 9.43. The minimum Gasteiger partial charge on any atom is -0.394 e. The maximum atomic E-state index is 11.3. The summed E-state index contributed by atoms with van der Waals surface area (Å²) in [6.07, 6.45) is -1.56. The second-order valence-electron chi connectivity index (χ2n) is 4.09. The van der Waals surface area contributed by atoms with Gasteiger partial charge in [-0.1, -0.05) is 0 Å². The van der Waals surface area contributed by atoms with E-state index in [1.165, 1.54) is 18.5 Å². The molecule has 0 aliphatic carbocycles. The number of rotatable bonds is 3. The number of amides is 1. The summed E-state index contributed by atoms with van der Waals surface area (Å²) < 4.78 is 5.31. The first-order valence-corrected chi connectivity index (χ1v) is 5.42. The lowest BCUT2D eigenvalue weighted by atomic mass is 9.99. The molecular formula is C11H14N2O5. The molecule has 2 heterocycles. The fraction of sp³-hybridized carbons (Fsp3) is 0.455. The molecule has 1 amide bonds. The first kappa shape index (κ1) is 12.9. The molecule has 1 aliphatic heterocycles. The third-order valence-electron chi connectivity index (χ3n) is 2.97. The lowest BCUT2D eigenvalue weighted by Gasteiger charge is -2.16. The molecular weight excluding hydrogens is 240 g/mol. The van der Waals surface area contributed by atoms with Gasteiger partial charge in [0.25, 0.3) is 0 Å². The number of primary amides is 1. The van der Waals surface area contributed by atoms with Crippen LogP contribution in [0.3, 0.4) is 0 Å². The highest BCUT2D eigenvalue weighted by atomic mass is 16.6. The number of carbonyl (C=O) groups excluding carboxylic acids is 1. The molecule has 2 rings (SSSR count). The van der Waals surface area contributed by atoms with E-state index in [1.54, 1.807) is 0 Å². The average molecular weight is 254 g/mol. The van der Waals surface area contributed by atoms with Crippen LogP contribution < -0.4 is 5.73 Å². The normalized spacial score (nSPS) is 31.5. The van der Waals surface area contributed by atoms with Gasteiger partial charge in [0.05, 0.1) is 6.61 Å². The van der Waals surface area contributed by atoms with Gasteiger partial charge in [-0.25, -0.2) is 0 Å². The quantitative estimate of drug-likeness (QED) is 0.511. The Morgan fingerprint density at radius 3 is 2.72 bits per heavy atom. The van der Waals surface area contributed by atoms with Gasteiger partial charge in [0.1, 0.15) is 24.4 Å². The van der Waals surface area contributed by atoms with Crippen molar-refractivity contribution in [3.05, 3.63) is 29.6 Å². The van der Waals surface area contributed by atoms with Crippen molar-refractivity contribution in [2.24, 2.45) is 5.73 Å². The smallest absolute Gasteiger partial charge is 0.249 e. The summed E-state index contributed by atoms with van der Waals surface area (Å²) >= 11 is 0. The minimum atomic E-state index is -1.25. The van der Waals surface area contributed by atoms with Crippen molar-refractivity contribution in [3.8, 4) is 0 Å². The molecule has 5 N–H and O–H groups in total. The number of hydrogen-bond donors (Lipinski definition) is 4. The molecule has 4 atom stereocenters. The standard InChI is InChI=1S/C11H14N2O5/c12-11(17)5-1-2-13-3-6(5)10-9(16)8(15)7(4-14)18-10/h1-3,7-10,14-16H,4H2,(H2,12,17)/t7-,8-,9-,10-/m0/s1. The zero-order chi connectivity index (χ0) is 13.3. The van der Waals surface area contributed by atoms with E-state index in [2.05, 4.69) is 4.98 Å². The highest BCUT2D eigenvalue weighted by Gasteiger charge is 2.44. The monoisotopic (exact) mass is 254 g/mol. The molecule has 7 heteroatoms. The van der Waals surface area contributed by atoms with Crippen LogP contribution in [0.1, 0.15) is 22.0 Å². The van der Waals surface area contributed by atoms with E-state index >= 15 is 0 Å². The van der Waals surface area contributed by atoms with E-state index in [1.807, 2.05) is 0 Å². The number of aromatic nitrogens is 1. The number of hydrogen-bond acceptors (Lipinski definition) is 6. The van der Waals surface area contributed by atoms with Gasteiger partial charge >= 0.3 is 0 Å². The average Bonchev–Trinajstić information content (AvgIpc) is 2.66. The van der Waals surface area contributed by atoms with Crippen LogP contribution in [0.2, 0.25) is 0 Å². The van der Waals surface area contributed by atoms with Crippen LogP contribution in [0.5, 0.6) is 0 Å². The maximum absolute atomic E-state index is 11.3. The van der Waals surface area contributed by atoms with Gasteiger partial charge in [-0.3, -0.25) is 9.78 Å². The van der Waals surface area contributed by atoms with E-state index in [9.17, 15) is 15.0 Å². The number of nitrogens with zero attached hydrogens (tertiary/aromatic N) is 1. The van der Waals surface area contributed by atoms with Crippen LogP contribution in [0.4, 0.5) is 0 Å². The molecule has 1 saturated heterocycles. The molecule has 98 valence electrons. The summed E-state index contributed by atoms with van der Waals surface area (Å²) in [5.74, 6) is -0.676.